The van der Waals surface area contributed by atoms with E-state index >= 15 is 0 Å². The fourth-order valence-corrected chi connectivity index (χ4v) is 2.67. The van der Waals surface area contributed by atoms with Crippen LogP contribution in [0.4, 0.5) is 8.78 Å². The van der Waals surface area contributed by atoms with Crippen LogP contribution in [0, 0.1) is 29.6 Å². The first kappa shape index (κ1) is 23.3. The summed E-state index contributed by atoms with van der Waals surface area (Å²) in [5.74, 6) is 9.45. The van der Waals surface area contributed by atoms with Gasteiger partial charge in [-0.15, -0.1) is 0 Å². The van der Waals surface area contributed by atoms with Crippen molar-refractivity contribution in [1.82, 2.24) is 10.8 Å². The molecule has 160 valence electrons. The van der Waals surface area contributed by atoms with Crippen LogP contribution < -0.4 is 10.8 Å². The lowest BCUT2D eigenvalue weighted by molar-refractivity contribution is -0.149. The lowest BCUT2D eigenvalue weighted by atomic mass is 9.95. The predicted molar refractivity (Wildman–Crippen MR) is 102 cm³/mol. The highest BCUT2D eigenvalue weighted by Gasteiger charge is 2.46. The van der Waals surface area contributed by atoms with Crippen molar-refractivity contribution in [2.75, 3.05) is 13.2 Å². The predicted octanol–water partition coefficient (Wildman–Crippen LogP) is 1.09. The SMILES string of the molecule is CC(O)(C(F)F)C(NC(=O)c1ccc(C#CC#CC2CCOCC2)cc1)C(=O)NO. The molecule has 2 amide bonds. The molecule has 2 atom stereocenters. The Balaban J connectivity index is 2.04. The van der Waals surface area contributed by atoms with Gasteiger partial charge in [-0.1, -0.05) is 11.8 Å². The number of hydrogen-bond donors (Lipinski definition) is 4. The monoisotopic (exact) mass is 420 g/mol. The maximum absolute atomic E-state index is 13.0. The Morgan fingerprint density at radius 3 is 2.40 bits per heavy atom. The van der Waals surface area contributed by atoms with Gasteiger partial charge in [-0.25, -0.2) is 14.3 Å². The number of aliphatic hydroxyl groups is 1. The first-order valence-electron chi connectivity index (χ1n) is 9.20. The average Bonchev–Trinajstić information content (AvgIpc) is 2.75. The molecule has 0 saturated carbocycles. The smallest absolute Gasteiger partial charge is 0.269 e. The minimum Gasteiger partial charge on any atom is -0.381 e. The molecule has 7 nitrogen and oxygen atoms in total. The minimum absolute atomic E-state index is 0.0506. The summed E-state index contributed by atoms with van der Waals surface area (Å²) >= 11 is 0. The van der Waals surface area contributed by atoms with Gasteiger partial charge in [0.1, 0.15) is 6.04 Å². The lowest BCUT2D eigenvalue weighted by Crippen LogP contribution is -2.61. The van der Waals surface area contributed by atoms with Crippen LogP contribution in [0.15, 0.2) is 24.3 Å². The molecule has 1 aliphatic heterocycles. The standard InChI is InChI=1S/C21H22F2N2O5/c1-21(28,20(22)23)17(19(27)25-29)24-18(26)16-8-6-14(7-9-16)4-2-3-5-15-10-12-30-13-11-15/h6-9,15,17,20,28-29H,10-13H2,1H3,(H,24,26)(H,25,27). The molecule has 1 fully saturated rings. The first-order chi connectivity index (χ1) is 14.3. The van der Waals surface area contributed by atoms with Crippen LogP contribution in [0.3, 0.4) is 0 Å². The average molecular weight is 420 g/mol. The zero-order chi connectivity index (χ0) is 22.1. The Morgan fingerprint density at radius 2 is 1.83 bits per heavy atom. The van der Waals surface area contributed by atoms with Crippen LogP contribution in [0.1, 0.15) is 35.7 Å². The number of benzene rings is 1. The summed E-state index contributed by atoms with van der Waals surface area (Å²) in [5, 5.41) is 20.6. The Bertz CT molecular complexity index is 873. The van der Waals surface area contributed by atoms with Gasteiger partial charge in [0, 0.05) is 30.3 Å². The van der Waals surface area contributed by atoms with Gasteiger partial charge >= 0.3 is 0 Å². The second kappa shape index (κ2) is 10.7. The Labute approximate surface area is 172 Å². The molecule has 0 radical (unpaired) electrons. The highest BCUT2D eigenvalue weighted by atomic mass is 19.3. The summed E-state index contributed by atoms with van der Waals surface area (Å²) in [5.41, 5.74) is -1.10. The van der Waals surface area contributed by atoms with E-state index in [-0.39, 0.29) is 11.5 Å². The molecule has 30 heavy (non-hydrogen) atoms. The second-order valence-corrected chi connectivity index (χ2v) is 6.89. The second-order valence-electron chi connectivity index (χ2n) is 6.89. The van der Waals surface area contributed by atoms with Crippen molar-refractivity contribution in [2.45, 2.75) is 37.8 Å². The molecule has 2 rings (SSSR count). The number of hydrogen-bond acceptors (Lipinski definition) is 5. The van der Waals surface area contributed by atoms with Crippen molar-refractivity contribution >= 4 is 11.8 Å². The number of carbonyl (C=O) groups is 2. The molecule has 1 aliphatic rings. The van der Waals surface area contributed by atoms with Crippen LogP contribution in [-0.4, -0.2) is 53.4 Å². The third kappa shape index (κ3) is 6.26. The van der Waals surface area contributed by atoms with Crippen molar-refractivity contribution in [3.05, 3.63) is 35.4 Å². The summed E-state index contributed by atoms with van der Waals surface area (Å²) in [6, 6.07) is 3.76. The Kier molecular flexibility index (Phi) is 8.31. The van der Waals surface area contributed by atoms with E-state index in [1.54, 1.807) is 0 Å². The highest BCUT2D eigenvalue weighted by molar-refractivity contribution is 5.97. The van der Waals surface area contributed by atoms with Crippen LogP contribution in [-0.2, 0) is 9.53 Å². The number of halogens is 2. The molecule has 1 heterocycles. The fraction of sp³-hybridized carbons (Fsp3) is 0.429. The van der Waals surface area contributed by atoms with Crippen molar-refractivity contribution in [3.8, 4) is 23.7 Å². The molecular formula is C21H22F2N2O5. The van der Waals surface area contributed by atoms with Crippen molar-refractivity contribution in [2.24, 2.45) is 5.92 Å². The number of amides is 2. The summed E-state index contributed by atoms with van der Waals surface area (Å²) < 4.78 is 31.3. The first-order valence-corrected chi connectivity index (χ1v) is 9.20. The van der Waals surface area contributed by atoms with Gasteiger partial charge in [0.2, 0.25) is 0 Å². The summed E-state index contributed by atoms with van der Waals surface area (Å²) in [4.78, 5) is 23.9. The van der Waals surface area contributed by atoms with Crippen LogP contribution >= 0.6 is 0 Å². The van der Waals surface area contributed by atoms with Crippen molar-refractivity contribution in [1.29, 1.82) is 0 Å². The summed E-state index contributed by atoms with van der Waals surface area (Å²) in [6.45, 7) is 2.08. The third-order valence-electron chi connectivity index (χ3n) is 4.59. The van der Waals surface area contributed by atoms with E-state index in [0.717, 1.165) is 18.3 Å². The van der Waals surface area contributed by atoms with Gasteiger partial charge in [0.05, 0.1) is 0 Å². The quantitative estimate of drug-likeness (QED) is 0.324. The van der Waals surface area contributed by atoms with Gasteiger partial charge < -0.3 is 15.2 Å². The van der Waals surface area contributed by atoms with E-state index in [9.17, 15) is 23.5 Å². The van der Waals surface area contributed by atoms with E-state index < -0.39 is 29.9 Å². The Morgan fingerprint density at radius 1 is 1.20 bits per heavy atom. The third-order valence-corrected chi connectivity index (χ3v) is 4.59. The molecule has 4 N–H and O–H groups in total. The number of hydroxylamine groups is 1. The maximum Gasteiger partial charge on any atom is 0.269 e. The highest BCUT2D eigenvalue weighted by Crippen LogP contribution is 2.20. The number of carbonyl (C=O) groups excluding carboxylic acids is 2. The van der Waals surface area contributed by atoms with E-state index in [2.05, 4.69) is 23.7 Å². The lowest BCUT2D eigenvalue weighted by Gasteiger charge is -2.30. The molecule has 1 aromatic rings. The molecule has 0 spiro atoms. The molecular weight excluding hydrogens is 398 g/mol. The minimum atomic E-state index is -3.35. The van der Waals surface area contributed by atoms with E-state index in [1.807, 2.05) is 5.32 Å². The van der Waals surface area contributed by atoms with Gasteiger partial charge in [0.25, 0.3) is 18.2 Å². The van der Waals surface area contributed by atoms with E-state index in [0.29, 0.717) is 25.7 Å². The molecule has 1 aromatic carbocycles. The fourth-order valence-electron chi connectivity index (χ4n) is 2.67. The van der Waals surface area contributed by atoms with E-state index in [1.165, 1.54) is 24.3 Å². The number of ether oxygens (including phenoxy) is 1. The molecule has 0 bridgehead atoms. The molecule has 0 aliphatic carbocycles. The van der Waals surface area contributed by atoms with Gasteiger partial charge in [-0.2, -0.15) is 0 Å². The molecule has 0 aromatic heterocycles. The summed E-state index contributed by atoms with van der Waals surface area (Å²) in [6.07, 6.45) is -1.58. The van der Waals surface area contributed by atoms with Crippen molar-refractivity contribution in [3.63, 3.8) is 0 Å². The normalized spacial score (nSPS) is 16.9. The number of nitrogens with one attached hydrogen (secondary N) is 2. The molecule has 1 saturated heterocycles. The number of rotatable bonds is 5. The number of alkyl halides is 2. The van der Waals surface area contributed by atoms with Crippen LogP contribution in [0.5, 0.6) is 0 Å². The van der Waals surface area contributed by atoms with Crippen LogP contribution in [0.2, 0.25) is 0 Å². The topological polar surface area (TPSA) is 108 Å². The van der Waals surface area contributed by atoms with E-state index in [4.69, 9.17) is 9.94 Å². The zero-order valence-corrected chi connectivity index (χ0v) is 16.2. The van der Waals surface area contributed by atoms with Gasteiger partial charge in [-0.05, 0) is 55.9 Å². The van der Waals surface area contributed by atoms with Gasteiger partial charge in [0.15, 0.2) is 5.60 Å². The largest absolute Gasteiger partial charge is 0.381 e. The molecule has 9 heteroatoms. The summed E-state index contributed by atoms with van der Waals surface area (Å²) in [7, 11) is 0. The maximum atomic E-state index is 13.0. The van der Waals surface area contributed by atoms with Crippen LogP contribution in [0.25, 0.3) is 0 Å². The Hall–Kier alpha value is -2.98. The molecule has 2 unspecified atom stereocenters. The van der Waals surface area contributed by atoms with Crippen molar-refractivity contribution < 1.29 is 33.4 Å². The zero-order valence-electron chi connectivity index (χ0n) is 16.2. The van der Waals surface area contributed by atoms with Gasteiger partial charge in [-0.3, -0.25) is 14.8 Å².